The molecule has 72 valence electrons. The maximum atomic E-state index is 11.3. The third kappa shape index (κ3) is 3.57. The second kappa shape index (κ2) is 4.99. The van der Waals surface area contributed by atoms with Crippen LogP contribution in [0.1, 0.15) is 9.67 Å². The van der Waals surface area contributed by atoms with Gasteiger partial charge in [-0.1, -0.05) is 6.07 Å². The van der Waals surface area contributed by atoms with E-state index >= 15 is 0 Å². The molecular weight excluding hydrogens is 186 g/mol. The average molecular weight is 199 g/mol. The Morgan fingerprint density at radius 1 is 1.62 bits per heavy atom. The summed E-state index contributed by atoms with van der Waals surface area (Å²) in [7, 11) is 3.89. The smallest absolute Gasteiger partial charge is 0.348 e. The van der Waals surface area contributed by atoms with E-state index in [1.807, 2.05) is 30.4 Å². The number of hydrogen-bond acceptors (Lipinski definition) is 4. The van der Waals surface area contributed by atoms with Crippen molar-refractivity contribution in [3.05, 3.63) is 22.4 Å². The molecule has 1 heterocycles. The van der Waals surface area contributed by atoms with Gasteiger partial charge in [-0.05, 0) is 25.5 Å². The van der Waals surface area contributed by atoms with E-state index in [0.717, 1.165) is 6.54 Å². The molecule has 0 aliphatic heterocycles. The van der Waals surface area contributed by atoms with Gasteiger partial charge in [0.15, 0.2) is 0 Å². The van der Waals surface area contributed by atoms with Crippen molar-refractivity contribution in [2.45, 2.75) is 0 Å². The van der Waals surface area contributed by atoms with Crippen LogP contribution in [0.25, 0.3) is 0 Å². The molecule has 0 spiro atoms. The normalized spacial score (nSPS) is 10.4. The van der Waals surface area contributed by atoms with Gasteiger partial charge in [0.2, 0.25) is 0 Å². The molecule has 0 amide bonds. The topological polar surface area (TPSA) is 29.5 Å². The third-order valence-electron chi connectivity index (χ3n) is 1.49. The number of esters is 1. The van der Waals surface area contributed by atoms with Gasteiger partial charge >= 0.3 is 5.97 Å². The van der Waals surface area contributed by atoms with Crippen LogP contribution >= 0.6 is 11.3 Å². The summed E-state index contributed by atoms with van der Waals surface area (Å²) in [4.78, 5) is 13.9. The first-order valence-electron chi connectivity index (χ1n) is 4.05. The highest BCUT2D eigenvalue weighted by molar-refractivity contribution is 7.11. The molecule has 1 aromatic rings. The number of likely N-dealkylation sites (N-methyl/N-ethyl adjacent to an activating group) is 1. The number of thiophene rings is 1. The fourth-order valence-corrected chi connectivity index (χ4v) is 1.40. The molecule has 3 nitrogen and oxygen atoms in total. The quantitative estimate of drug-likeness (QED) is 0.688. The summed E-state index contributed by atoms with van der Waals surface area (Å²) in [6.07, 6.45) is 0. The number of nitrogens with zero attached hydrogens (tertiary/aromatic N) is 1. The predicted molar refractivity (Wildman–Crippen MR) is 53.2 cm³/mol. The van der Waals surface area contributed by atoms with Crippen LogP contribution in [0.15, 0.2) is 17.5 Å². The second-order valence-electron chi connectivity index (χ2n) is 2.92. The minimum atomic E-state index is -0.225. The van der Waals surface area contributed by atoms with Gasteiger partial charge in [-0.25, -0.2) is 4.79 Å². The van der Waals surface area contributed by atoms with Crippen LogP contribution in [0.5, 0.6) is 0 Å². The third-order valence-corrected chi connectivity index (χ3v) is 2.34. The van der Waals surface area contributed by atoms with Gasteiger partial charge in [-0.2, -0.15) is 0 Å². The summed E-state index contributed by atoms with van der Waals surface area (Å²) in [6.45, 7) is 1.21. The predicted octanol–water partition coefficient (Wildman–Crippen LogP) is 1.47. The Bertz CT molecular complexity index is 257. The zero-order valence-corrected chi connectivity index (χ0v) is 8.63. The van der Waals surface area contributed by atoms with Crippen LogP contribution < -0.4 is 0 Å². The Morgan fingerprint density at radius 2 is 2.38 bits per heavy atom. The summed E-state index contributed by atoms with van der Waals surface area (Å²) in [5, 5.41) is 1.86. The highest BCUT2D eigenvalue weighted by Crippen LogP contribution is 2.09. The molecule has 0 fully saturated rings. The van der Waals surface area contributed by atoms with Crippen molar-refractivity contribution in [1.29, 1.82) is 0 Å². The molecule has 0 aromatic carbocycles. The van der Waals surface area contributed by atoms with Gasteiger partial charge in [0, 0.05) is 6.54 Å². The lowest BCUT2D eigenvalue weighted by Crippen LogP contribution is -2.19. The molecule has 1 aromatic heterocycles. The van der Waals surface area contributed by atoms with Crippen molar-refractivity contribution in [2.75, 3.05) is 27.2 Å². The number of carbonyl (C=O) groups is 1. The molecule has 0 unspecified atom stereocenters. The Kier molecular flexibility index (Phi) is 3.92. The SMILES string of the molecule is CN(C)CCOC(=O)c1cccs1. The summed E-state index contributed by atoms with van der Waals surface area (Å²) in [6, 6.07) is 3.61. The summed E-state index contributed by atoms with van der Waals surface area (Å²) < 4.78 is 5.03. The highest BCUT2D eigenvalue weighted by atomic mass is 32.1. The van der Waals surface area contributed by atoms with E-state index in [1.54, 1.807) is 6.07 Å². The summed E-state index contributed by atoms with van der Waals surface area (Å²) in [5.41, 5.74) is 0. The molecule has 0 bridgehead atoms. The van der Waals surface area contributed by atoms with E-state index in [4.69, 9.17) is 4.74 Å². The lowest BCUT2D eigenvalue weighted by molar-refractivity contribution is 0.0487. The summed E-state index contributed by atoms with van der Waals surface area (Å²) in [5.74, 6) is -0.225. The first-order chi connectivity index (χ1) is 6.20. The average Bonchev–Trinajstić information content (AvgIpc) is 2.55. The van der Waals surface area contributed by atoms with Crippen molar-refractivity contribution >= 4 is 17.3 Å². The molecule has 0 saturated heterocycles. The fourth-order valence-electron chi connectivity index (χ4n) is 0.787. The monoisotopic (exact) mass is 199 g/mol. The first-order valence-corrected chi connectivity index (χ1v) is 4.93. The zero-order valence-electron chi connectivity index (χ0n) is 7.82. The molecule has 0 radical (unpaired) electrons. The highest BCUT2D eigenvalue weighted by Gasteiger charge is 2.06. The van der Waals surface area contributed by atoms with Crippen molar-refractivity contribution < 1.29 is 9.53 Å². The van der Waals surface area contributed by atoms with E-state index < -0.39 is 0 Å². The molecule has 4 heteroatoms. The van der Waals surface area contributed by atoms with Crippen LogP contribution in [-0.2, 0) is 4.74 Å². The van der Waals surface area contributed by atoms with Gasteiger partial charge in [0.1, 0.15) is 11.5 Å². The van der Waals surface area contributed by atoms with Crippen LogP contribution in [0.4, 0.5) is 0 Å². The molecule has 0 saturated carbocycles. The van der Waals surface area contributed by atoms with Gasteiger partial charge in [-0.15, -0.1) is 11.3 Å². The van der Waals surface area contributed by atoms with E-state index in [2.05, 4.69) is 0 Å². The number of carbonyl (C=O) groups excluding carboxylic acids is 1. The maximum Gasteiger partial charge on any atom is 0.348 e. The van der Waals surface area contributed by atoms with Gasteiger partial charge in [0.05, 0.1) is 0 Å². The molecule has 0 aliphatic rings. The van der Waals surface area contributed by atoms with Crippen LogP contribution in [0, 0.1) is 0 Å². The fraction of sp³-hybridized carbons (Fsp3) is 0.444. The minimum Gasteiger partial charge on any atom is -0.460 e. The van der Waals surface area contributed by atoms with Crippen molar-refractivity contribution in [1.82, 2.24) is 4.90 Å². The van der Waals surface area contributed by atoms with Crippen LogP contribution in [0.3, 0.4) is 0 Å². The Hall–Kier alpha value is -0.870. The lowest BCUT2D eigenvalue weighted by Gasteiger charge is -2.08. The van der Waals surface area contributed by atoms with E-state index in [0.29, 0.717) is 11.5 Å². The molecule has 0 N–H and O–H groups in total. The largest absolute Gasteiger partial charge is 0.460 e. The van der Waals surface area contributed by atoms with Gasteiger partial charge < -0.3 is 9.64 Å². The maximum absolute atomic E-state index is 11.3. The Balaban J connectivity index is 2.27. The first kappa shape index (κ1) is 10.2. The van der Waals surface area contributed by atoms with Crippen molar-refractivity contribution in [3.63, 3.8) is 0 Å². The second-order valence-corrected chi connectivity index (χ2v) is 3.86. The van der Waals surface area contributed by atoms with Crippen LogP contribution in [0.2, 0.25) is 0 Å². The lowest BCUT2D eigenvalue weighted by atomic mass is 10.5. The Morgan fingerprint density at radius 3 is 2.92 bits per heavy atom. The standard InChI is InChI=1S/C9H13NO2S/c1-10(2)5-6-12-9(11)8-4-3-7-13-8/h3-4,7H,5-6H2,1-2H3. The summed E-state index contributed by atoms with van der Waals surface area (Å²) >= 11 is 1.40. The number of hydrogen-bond donors (Lipinski definition) is 0. The zero-order chi connectivity index (χ0) is 9.68. The number of ether oxygens (including phenoxy) is 1. The minimum absolute atomic E-state index is 0.225. The van der Waals surface area contributed by atoms with Crippen LogP contribution in [-0.4, -0.2) is 38.1 Å². The van der Waals surface area contributed by atoms with Crippen molar-refractivity contribution in [2.24, 2.45) is 0 Å². The molecule has 0 aliphatic carbocycles. The molecule has 0 atom stereocenters. The van der Waals surface area contributed by atoms with E-state index in [9.17, 15) is 4.79 Å². The van der Waals surface area contributed by atoms with Crippen molar-refractivity contribution in [3.8, 4) is 0 Å². The molecule has 1 rings (SSSR count). The van der Waals surface area contributed by atoms with Gasteiger partial charge in [-0.3, -0.25) is 0 Å². The molecular formula is C9H13NO2S. The molecule has 13 heavy (non-hydrogen) atoms. The number of rotatable bonds is 4. The van der Waals surface area contributed by atoms with E-state index in [1.165, 1.54) is 11.3 Å². The van der Waals surface area contributed by atoms with Gasteiger partial charge in [0.25, 0.3) is 0 Å². The van der Waals surface area contributed by atoms with E-state index in [-0.39, 0.29) is 5.97 Å². The Labute approximate surface area is 81.9 Å².